The van der Waals surface area contributed by atoms with Crippen molar-refractivity contribution in [3.63, 3.8) is 0 Å². The molecule has 1 fully saturated rings. The first-order valence-electron chi connectivity index (χ1n) is 8.56. The smallest absolute Gasteiger partial charge is 0.228 e. The third kappa shape index (κ3) is 5.38. The molecule has 0 unspecified atom stereocenters. The van der Waals surface area contributed by atoms with Gasteiger partial charge in [-0.1, -0.05) is 11.6 Å². The van der Waals surface area contributed by atoms with Crippen LogP contribution in [-0.4, -0.2) is 39.4 Å². The summed E-state index contributed by atoms with van der Waals surface area (Å²) >= 11 is 5.84. The summed E-state index contributed by atoms with van der Waals surface area (Å²) in [6.07, 6.45) is 7.19. The van der Waals surface area contributed by atoms with Crippen molar-refractivity contribution in [3.05, 3.63) is 41.9 Å². The van der Waals surface area contributed by atoms with Gasteiger partial charge >= 0.3 is 0 Å². The average Bonchev–Trinajstić information content (AvgIpc) is 3.37. The molecule has 142 valence electrons. The number of nitrogen functional groups attached to an aromatic ring is 1. The van der Waals surface area contributed by atoms with Gasteiger partial charge in [0.05, 0.1) is 13.2 Å². The molecule has 1 aliphatic rings. The van der Waals surface area contributed by atoms with Crippen LogP contribution in [0.2, 0.25) is 5.15 Å². The number of carbonyl (C=O) groups is 1. The van der Waals surface area contributed by atoms with Gasteiger partial charge in [0.2, 0.25) is 5.91 Å². The van der Waals surface area contributed by atoms with Crippen molar-refractivity contribution < 1.29 is 9.53 Å². The van der Waals surface area contributed by atoms with Crippen LogP contribution < -0.4 is 11.1 Å². The average molecular weight is 389 g/mol. The maximum atomic E-state index is 11.6. The van der Waals surface area contributed by atoms with Crippen molar-refractivity contribution in [2.24, 2.45) is 5.92 Å². The van der Waals surface area contributed by atoms with E-state index in [0.717, 1.165) is 36.8 Å². The van der Waals surface area contributed by atoms with E-state index in [4.69, 9.17) is 22.1 Å². The largest absolute Gasteiger partial charge is 0.383 e. The summed E-state index contributed by atoms with van der Waals surface area (Å²) in [4.78, 5) is 19.7. The highest BCUT2D eigenvalue weighted by molar-refractivity contribution is 6.30. The lowest BCUT2D eigenvalue weighted by atomic mass is 10.2. The number of methoxy groups -OCH3 is 1. The Labute approximate surface area is 161 Å². The monoisotopic (exact) mass is 388 g/mol. The van der Waals surface area contributed by atoms with Gasteiger partial charge < -0.3 is 15.8 Å². The number of rotatable bonds is 5. The molecule has 0 radical (unpaired) electrons. The first kappa shape index (κ1) is 19.1. The summed E-state index contributed by atoms with van der Waals surface area (Å²) < 4.78 is 6.69. The second-order valence-corrected chi connectivity index (χ2v) is 6.53. The molecule has 1 aliphatic carbocycles. The molecule has 0 aliphatic heterocycles. The number of nitrogens with one attached hydrogen (secondary N) is 1. The van der Waals surface area contributed by atoms with Crippen molar-refractivity contribution >= 4 is 39.9 Å². The van der Waals surface area contributed by atoms with E-state index in [0.29, 0.717) is 16.8 Å². The number of nitrogens with two attached hydrogens (primary N) is 1. The van der Waals surface area contributed by atoms with Gasteiger partial charge in [0.25, 0.3) is 0 Å². The van der Waals surface area contributed by atoms with E-state index >= 15 is 0 Å². The molecule has 1 amide bonds. The fourth-order valence-corrected chi connectivity index (χ4v) is 2.61. The molecular weight excluding hydrogens is 368 g/mol. The SMILES string of the molecule is COCCn1cccn1.Nc1nc(Cl)cc2cc(NC(=O)C3CC3)ncc12. The Morgan fingerprint density at radius 3 is 2.93 bits per heavy atom. The molecule has 4 rings (SSSR count). The van der Waals surface area contributed by atoms with Crippen LogP contribution >= 0.6 is 11.6 Å². The molecule has 0 spiro atoms. The molecule has 3 aromatic rings. The highest BCUT2D eigenvalue weighted by atomic mass is 35.5. The minimum Gasteiger partial charge on any atom is -0.383 e. The lowest BCUT2D eigenvalue weighted by Gasteiger charge is -2.06. The molecule has 1 saturated carbocycles. The van der Waals surface area contributed by atoms with Gasteiger partial charge in [0, 0.05) is 37.0 Å². The van der Waals surface area contributed by atoms with Crippen LogP contribution in [0.3, 0.4) is 0 Å². The number of hydrogen-bond donors (Lipinski definition) is 2. The van der Waals surface area contributed by atoms with Crippen LogP contribution in [0.4, 0.5) is 11.6 Å². The molecule has 8 nitrogen and oxygen atoms in total. The van der Waals surface area contributed by atoms with Gasteiger partial charge in [-0.05, 0) is 36.4 Å². The van der Waals surface area contributed by atoms with Gasteiger partial charge in [-0.15, -0.1) is 0 Å². The molecule has 0 atom stereocenters. The Morgan fingerprint density at radius 1 is 1.44 bits per heavy atom. The van der Waals surface area contributed by atoms with Gasteiger partial charge in [-0.25, -0.2) is 9.97 Å². The zero-order chi connectivity index (χ0) is 19.2. The first-order valence-corrected chi connectivity index (χ1v) is 8.93. The quantitative estimate of drug-likeness (QED) is 0.650. The fraction of sp³-hybridized carbons (Fsp3) is 0.333. The number of anilines is 2. The topological polar surface area (TPSA) is 108 Å². The number of aromatic nitrogens is 4. The Morgan fingerprint density at radius 2 is 2.26 bits per heavy atom. The zero-order valence-electron chi connectivity index (χ0n) is 14.9. The summed E-state index contributed by atoms with van der Waals surface area (Å²) in [5.74, 6) is 1.02. The lowest BCUT2D eigenvalue weighted by molar-refractivity contribution is -0.117. The summed E-state index contributed by atoms with van der Waals surface area (Å²) in [6.45, 7) is 1.56. The maximum Gasteiger partial charge on any atom is 0.228 e. The van der Waals surface area contributed by atoms with E-state index in [-0.39, 0.29) is 11.8 Å². The number of nitrogens with zero attached hydrogens (tertiary/aromatic N) is 4. The van der Waals surface area contributed by atoms with Crippen LogP contribution in [0, 0.1) is 5.92 Å². The normalized spacial score (nSPS) is 13.1. The molecule has 3 N–H and O–H groups in total. The molecular formula is C18H21ClN6O2. The summed E-state index contributed by atoms with van der Waals surface area (Å²) in [5.41, 5.74) is 5.74. The third-order valence-corrected chi connectivity index (χ3v) is 4.19. The standard InChI is InChI=1S/C12H11ClN4O.C6H10N2O/c13-9-3-7-4-10(17-12(18)6-1-2-6)15-5-8(7)11(14)16-9;1-9-6-5-8-4-2-3-7-8/h3-6H,1-2H2,(H2,14,16)(H,15,17,18);2-4H,5-6H2,1H3. The van der Waals surface area contributed by atoms with Crippen molar-refractivity contribution in [2.45, 2.75) is 19.4 Å². The molecule has 0 bridgehead atoms. The van der Waals surface area contributed by atoms with Crippen LogP contribution in [0.1, 0.15) is 12.8 Å². The number of halogens is 1. The minimum absolute atomic E-state index is 0.0231. The Hall–Kier alpha value is -2.71. The lowest BCUT2D eigenvalue weighted by Crippen LogP contribution is -2.14. The zero-order valence-corrected chi connectivity index (χ0v) is 15.7. The highest BCUT2D eigenvalue weighted by Gasteiger charge is 2.29. The predicted molar refractivity (Wildman–Crippen MR) is 104 cm³/mol. The summed E-state index contributed by atoms with van der Waals surface area (Å²) in [7, 11) is 1.68. The predicted octanol–water partition coefficient (Wildman–Crippen LogP) is 2.74. The number of hydrogen-bond acceptors (Lipinski definition) is 6. The minimum atomic E-state index is 0.0231. The highest BCUT2D eigenvalue weighted by Crippen LogP contribution is 2.30. The summed E-state index contributed by atoms with van der Waals surface area (Å²) in [6, 6.07) is 5.34. The Kier molecular flexibility index (Phi) is 6.20. The van der Waals surface area contributed by atoms with E-state index in [1.165, 1.54) is 0 Å². The van der Waals surface area contributed by atoms with E-state index < -0.39 is 0 Å². The van der Waals surface area contributed by atoms with Crippen LogP contribution in [0.15, 0.2) is 36.8 Å². The second-order valence-electron chi connectivity index (χ2n) is 6.15. The third-order valence-electron chi connectivity index (χ3n) is 4.00. The van der Waals surface area contributed by atoms with Crippen LogP contribution in [0.25, 0.3) is 10.8 Å². The van der Waals surface area contributed by atoms with Crippen LogP contribution in [-0.2, 0) is 16.1 Å². The molecule has 0 saturated heterocycles. The van der Waals surface area contributed by atoms with Crippen molar-refractivity contribution in [2.75, 3.05) is 24.8 Å². The second kappa shape index (κ2) is 8.79. The summed E-state index contributed by atoms with van der Waals surface area (Å²) in [5, 5.41) is 8.63. The number of amides is 1. The van der Waals surface area contributed by atoms with Gasteiger partial charge in [-0.3, -0.25) is 9.48 Å². The number of carbonyl (C=O) groups excluding carboxylic acids is 1. The van der Waals surface area contributed by atoms with Gasteiger partial charge in [0.1, 0.15) is 16.8 Å². The molecule has 3 aromatic heterocycles. The number of pyridine rings is 2. The first-order chi connectivity index (χ1) is 13.1. The van der Waals surface area contributed by atoms with E-state index in [1.807, 2.05) is 16.9 Å². The van der Waals surface area contributed by atoms with Crippen LogP contribution in [0.5, 0.6) is 0 Å². The van der Waals surface area contributed by atoms with Gasteiger partial charge in [-0.2, -0.15) is 5.10 Å². The maximum absolute atomic E-state index is 11.6. The number of ether oxygens (including phenoxy) is 1. The van der Waals surface area contributed by atoms with Crippen molar-refractivity contribution in [1.82, 2.24) is 19.7 Å². The Balaban J connectivity index is 0.000000197. The molecule has 3 heterocycles. The van der Waals surface area contributed by atoms with Crippen molar-refractivity contribution in [1.29, 1.82) is 0 Å². The van der Waals surface area contributed by atoms with Crippen molar-refractivity contribution in [3.8, 4) is 0 Å². The Bertz CT molecular complexity index is 912. The van der Waals surface area contributed by atoms with E-state index in [9.17, 15) is 4.79 Å². The van der Waals surface area contributed by atoms with E-state index in [1.54, 1.807) is 31.6 Å². The fourth-order valence-electron chi connectivity index (χ4n) is 2.40. The van der Waals surface area contributed by atoms with E-state index in [2.05, 4.69) is 20.4 Å². The van der Waals surface area contributed by atoms with Gasteiger partial charge in [0.15, 0.2) is 0 Å². The molecule has 9 heteroatoms. The molecule has 27 heavy (non-hydrogen) atoms. The number of fused-ring (bicyclic) bond motifs is 1. The molecule has 0 aromatic carbocycles.